The van der Waals surface area contributed by atoms with E-state index in [0.29, 0.717) is 21.4 Å². The highest BCUT2D eigenvalue weighted by Crippen LogP contribution is 2.30. The number of halogens is 1. The molecule has 2 heterocycles. The Hall–Kier alpha value is -4.25. The molecule has 0 fully saturated rings. The standard InChI is InChI=1S/C29H29FN2O7S/c1-5-38-26(34)23-17(2)22-24(33)32(29(3,4)27(35)36)28(37)31(25(22)40-23)14-13-19-15-20(30)11-12-21(19)39-16-18-9-7-6-8-10-18/h6-12,15H,5,13-14,16H2,1-4H3,(H,35,36). The highest BCUT2D eigenvalue weighted by atomic mass is 32.1. The Morgan fingerprint density at radius 2 is 1.80 bits per heavy atom. The van der Waals surface area contributed by atoms with Gasteiger partial charge in [-0.2, -0.15) is 0 Å². The quantitative estimate of drug-likeness (QED) is 0.280. The normalized spacial score (nSPS) is 11.5. The average molecular weight is 569 g/mol. The van der Waals surface area contributed by atoms with Gasteiger partial charge in [0.1, 0.15) is 33.4 Å². The third-order valence-corrected chi connectivity index (χ3v) is 7.91. The molecule has 1 N–H and O–H groups in total. The predicted molar refractivity (Wildman–Crippen MR) is 149 cm³/mol. The van der Waals surface area contributed by atoms with Crippen LogP contribution in [0.2, 0.25) is 0 Å². The molecule has 0 saturated heterocycles. The van der Waals surface area contributed by atoms with E-state index in [4.69, 9.17) is 9.47 Å². The minimum Gasteiger partial charge on any atom is -0.489 e. The van der Waals surface area contributed by atoms with Crippen LogP contribution in [-0.4, -0.2) is 32.8 Å². The van der Waals surface area contributed by atoms with E-state index in [-0.39, 0.29) is 41.3 Å². The number of ether oxygens (including phenoxy) is 2. The topological polar surface area (TPSA) is 117 Å². The van der Waals surface area contributed by atoms with Crippen LogP contribution in [0, 0.1) is 12.7 Å². The molecule has 0 saturated carbocycles. The lowest BCUT2D eigenvalue weighted by Gasteiger charge is -2.23. The minimum absolute atomic E-state index is 0.0430. The molecule has 2 aromatic heterocycles. The molecular weight excluding hydrogens is 539 g/mol. The van der Waals surface area contributed by atoms with Crippen molar-refractivity contribution in [3.63, 3.8) is 0 Å². The first-order valence-corrected chi connectivity index (χ1v) is 13.4. The molecule has 40 heavy (non-hydrogen) atoms. The SMILES string of the molecule is CCOC(=O)c1sc2c(c1C)c(=O)n(C(C)(C)C(=O)O)c(=O)n2CCc1cc(F)ccc1OCc1ccccc1. The van der Waals surface area contributed by atoms with Crippen LogP contribution in [0.4, 0.5) is 4.39 Å². The van der Waals surface area contributed by atoms with E-state index in [9.17, 15) is 28.7 Å². The number of rotatable bonds is 10. The fourth-order valence-corrected chi connectivity index (χ4v) is 5.59. The number of thiophene rings is 1. The molecule has 0 aliphatic heterocycles. The monoisotopic (exact) mass is 568 g/mol. The first-order valence-electron chi connectivity index (χ1n) is 12.6. The molecule has 0 aliphatic carbocycles. The molecule has 0 unspecified atom stereocenters. The summed E-state index contributed by atoms with van der Waals surface area (Å²) >= 11 is 0.927. The summed E-state index contributed by atoms with van der Waals surface area (Å²) in [5, 5.41) is 9.89. The van der Waals surface area contributed by atoms with Crippen molar-refractivity contribution in [1.29, 1.82) is 0 Å². The fourth-order valence-electron chi connectivity index (χ4n) is 4.38. The first-order chi connectivity index (χ1) is 19.0. The van der Waals surface area contributed by atoms with Crippen molar-refractivity contribution in [1.82, 2.24) is 9.13 Å². The number of fused-ring (bicyclic) bond motifs is 1. The van der Waals surface area contributed by atoms with Crippen molar-refractivity contribution in [2.24, 2.45) is 0 Å². The summed E-state index contributed by atoms with van der Waals surface area (Å²) in [6.45, 7) is 6.03. The van der Waals surface area contributed by atoms with Gasteiger partial charge < -0.3 is 14.6 Å². The van der Waals surface area contributed by atoms with E-state index in [0.717, 1.165) is 16.9 Å². The van der Waals surface area contributed by atoms with Crippen LogP contribution < -0.4 is 16.0 Å². The van der Waals surface area contributed by atoms with Crippen molar-refractivity contribution < 1.29 is 28.6 Å². The summed E-state index contributed by atoms with van der Waals surface area (Å²) in [5.41, 5.74) is -1.87. The average Bonchev–Trinajstić information content (AvgIpc) is 3.25. The lowest BCUT2D eigenvalue weighted by Crippen LogP contribution is -2.52. The molecule has 0 atom stereocenters. The van der Waals surface area contributed by atoms with Gasteiger partial charge in [0, 0.05) is 6.54 Å². The van der Waals surface area contributed by atoms with Crippen molar-refractivity contribution >= 4 is 33.5 Å². The van der Waals surface area contributed by atoms with Gasteiger partial charge >= 0.3 is 17.6 Å². The molecule has 2 aromatic carbocycles. The Morgan fingerprint density at radius 3 is 2.45 bits per heavy atom. The van der Waals surface area contributed by atoms with E-state index in [2.05, 4.69) is 0 Å². The molecule has 0 amide bonds. The number of aromatic nitrogens is 2. The maximum absolute atomic E-state index is 14.3. The second-order valence-electron chi connectivity index (χ2n) is 9.67. The van der Waals surface area contributed by atoms with Crippen molar-refractivity contribution in [2.75, 3.05) is 6.61 Å². The molecule has 4 rings (SSSR count). The number of hydrogen-bond donors (Lipinski definition) is 1. The van der Waals surface area contributed by atoms with Gasteiger partial charge in [-0.3, -0.25) is 9.36 Å². The van der Waals surface area contributed by atoms with E-state index >= 15 is 0 Å². The molecule has 4 aromatic rings. The second-order valence-corrected chi connectivity index (χ2v) is 10.7. The number of carbonyl (C=O) groups is 2. The third-order valence-electron chi connectivity index (χ3n) is 6.62. The summed E-state index contributed by atoms with van der Waals surface area (Å²) in [5.74, 6) is -2.10. The molecule has 210 valence electrons. The van der Waals surface area contributed by atoms with Gasteiger partial charge in [-0.15, -0.1) is 11.3 Å². The predicted octanol–water partition coefficient (Wildman–Crippen LogP) is 4.49. The van der Waals surface area contributed by atoms with E-state index in [1.54, 1.807) is 13.8 Å². The number of aryl methyl sites for hydroxylation is 3. The molecule has 0 spiro atoms. The Morgan fingerprint density at radius 1 is 1.10 bits per heavy atom. The molecule has 0 bridgehead atoms. The Kier molecular flexibility index (Phi) is 8.24. The lowest BCUT2D eigenvalue weighted by atomic mass is 10.1. The maximum atomic E-state index is 14.3. The third kappa shape index (κ3) is 5.42. The van der Waals surface area contributed by atoms with Gasteiger partial charge in [0.15, 0.2) is 0 Å². The van der Waals surface area contributed by atoms with Crippen LogP contribution >= 0.6 is 11.3 Å². The largest absolute Gasteiger partial charge is 0.489 e. The van der Waals surface area contributed by atoms with Crippen molar-refractivity contribution in [3.8, 4) is 5.75 Å². The number of esters is 1. The van der Waals surface area contributed by atoms with Gasteiger partial charge in [0.05, 0.1) is 12.0 Å². The smallest absolute Gasteiger partial charge is 0.348 e. The zero-order valence-corrected chi connectivity index (χ0v) is 23.3. The van der Waals surface area contributed by atoms with Crippen LogP contribution in [0.3, 0.4) is 0 Å². The van der Waals surface area contributed by atoms with Crippen molar-refractivity contribution in [3.05, 3.63) is 96.8 Å². The molecule has 9 nitrogen and oxygen atoms in total. The Balaban J connectivity index is 1.83. The van der Waals surface area contributed by atoms with Crippen LogP contribution in [0.25, 0.3) is 10.2 Å². The van der Waals surface area contributed by atoms with Gasteiger partial charge in [-0.25, -0.2) is 23.3 Å². The van der Waals surface area contributed by atoms with Gasteiger partial charge in [0.25, 0.3) is 5.56 Å². The van der Waals surface area contributed by atoms with E-state index < -0.39 is 34.5 Å². The molecular formula is C29H29FN2O7S. The van der Waals surface area contributed by atoms with Gasteiger partial charge in [-0.05, 0) is 69.0 Å². The summed E-state index contributed by atoms with van der Waals surface area (Å²) in [4.78, 5) is 52.3. The lowest BCUT2D eigenvalue weighted by molar-refractivity contribution is -0.146. The van der Waals surface area contributed by atoms with Crippen molar-refractivity contribution in [2.45, 2.75) is 52.8 Å². The molecule has 0 aliphatic rings. The first kappa shape index (κ1) is 28.8. The Bertz CT molecular complexity index is 1700. The summed E-state index contributed by atoms with van der Waals surface area (Å²) in [6, 6.07) is 13.5. The van der Waals surface area contributed by atoms with E-state index in [1.165, 1.54) is 36.6 Å². The van der Waals surface area contributed by atoms with Crippen LogP contribution in [-0.2, 0) is 34.6 Å². The number of hydrogen-bond acceptors (Lipinski definition) is 7. The summed E-state index contributed by atoms with van der Waals surface area (Å²) in [6.07, 6.45) is 0.119. The highest BCUT2D eigenvalue weighted by Gasteiger charge is 2.35. The zero-order valence-electron chi connectivity index (χ0n) is 22.5. The number of nitrogens with zero attached hydrogens (tertiary/aromatic N) is 2. The number of carboxylic acids is 1. The molecule has 0 radical (unpaired) electrons. The van der Waals surface area contributed by atoms with E-state index in [1.807, 2.05) is 30.3 Å². The number of benzene rings is 2. The fraction of sp³-hybridized carbons (Fsp3) is 0.310. The number of carbonyl (C=O) groups excluding carboxylic acids is 1. The number of carboxylic acid groups (broad SMARTS) is 1. The molecule has 11 heteroatoms. The van der Waals surface area contributed by atoms with Gasteiger partial charge in [0.2, 0.25) is 0 Å². The second kappa shape index (κ2) is 11.5. The van der Waals surface area contributed by atoms with Crippen LogP contribution in [0.5, 0.6) is 5.75 Å². The van der Waals surface area contributed by atoms with Crippen LogP contribution in [0.15, 0.2) is 58.1 Å². The summed E-state index contributed by atoms with van der Waals surface area (Å²) < 4.78 is 27.3. The Labute approximate surface area is 233 Å². The maximum Gasteiger partial charge on any atom is 0.348 e. The zero-order chi connectivity index (χ0) is 29.2. The number of aliphatic carboxylic acids is 1. The minimum atomic E-state index is -1.88. The van der Waals surface area contributed by atoms with Gasteiger partial charge in [-0.1, -0.05) is 30.3 Å². The van der Waals surface area contributed by atoms with Crippen LogP contribution in [0.1, 0.15) is 47.1 Å². The summed E-state index contributed by atoms with van der Waals surface area (Å²) in [7, 11) is 0. The highest BCUT2D eigenvalue weighted by molar-refractivity contribution is 7.20.